The van der Waals surface area contributed by atoms with Crippen molar-refractivity contribution in [2.75, 3.05) is 38.7 Å². The number of aromatic nitrogens is 2. The monoisotopic (exact) mass is 280 g/mol. The summed E-state index contributed by atoms with van der Waals surface area (Å²) in [5.74, 6) is 0.307. The van der Waals surface area contributed by atoms with Crippen LogP contribution in [0.3, 0.4) is 0 Å². The van der Waals surface area contributed by atoms with E-state index in [0.717, 1.165) is 19.4 Å². The summed E-state index contributed by atoms with van der Waals surface area (Å²) in [5.41, 5.74) is 0.445. The SMILES string of the molecule is COCCNc1ncc(C(=O)NCC2CCCO2)cn1. The molecule has 2 N–H and O–H groups in total. The van der Waals surface area contributed by atoms with Crippen LogP contribution in [0.5, 0.6) is 0 Å². The van der Waals surface area contributed by atoms with E-state index >= 15 is 0 Å². The van der Waals surface area contributed by atoms with E-state index in [4.69, 9.17) is 9.47 Å². The van der Waals surface area contributed by atoms with Crippen molar-refractivity contribution in [1.29, 1.82) is 0 Å². The van der Waals surface area contributed by atoms with Crippen molar-refractivity contribution >= 4 is 11.9 Å². The van der Waals surface area contributed by atoms with Gasteiger partial charge in [-0.25, -0.2) is 9.97 Å². The van der Waals surface area contributed by atoms with Crippen molar-refractivity contribution in [3.8, 4) is 0 Å². The van der Waals surface area contributed by atoms with Crippen molar-refractivity contribution in [3.63, 3.8) is 0 Å². The highest BCUT2D eigenvalue weighted by molar-refractivity contribution is 5.93. The fraction of sp³-hybridized carbons (Fsp3) is 0.615. The van der Waals surface area contributed by atoms with Gasteiger partial charge in [0.05, 0.1) is 18.3 Å². The van der Waals surface area contributed by atoms with E-state index in [1.165, 1.54) is 12.4 Å². The molecule has 7 heteroatoms. The standard InChI is InChI=1S/C13H20N4O3/c1-19-6-4-14-13-16-7-10(8-17-13)12(18)15-9-11-3-2-5-20-11/h7-8,11H,2-6,9H2,1H3,(H,15,18)(H,14,16,17). The summed E-state index contributed by atoms with van der Waals surface area (Å²) in [6.07, 6.45) is 5.21. The van der Waals surface area contributed by atoms with Gasteiger partial charge in [-0.05, 0) is 12.8 Å². The van der Waals surface area contributed by atoms with E-state index < -0.39 is 0 Å². The zero-order chi connectivity index (χ0) is 14.2. The van der Waals surface area contributed by atoms with E-state index in [0.29, 0.717) is 31.2 Å². The van der Waals surface area contributed by atoms with Gasteiger partial charge in [-0.1, -0.05) is 0 Å². The van der Waals surface area contributed by atoms with E-state index in [1.807, 2.05) is 0 Å². The Kier molecular flexibility index (Phi) is 5.69. The molecule has 1 saturated heterocycles. The molecule has 1 aliphatic rings. The molecule has 1 aromatic heterocycles. The summed E-state index contributed by atoms with van der Waals surface area (Å²) < 4.78 is 10.4. The third-order valence-corrected chi connectivity index (χ3v) is 3.02. The van der Waals surface area contributed by atoms with E-state index in [1.54, 1.807) is 7.11 Å². The second-order valence-electron chi connectivity index (χ2n) is 4.56. The smallest absolute Gasteiger partial charge is 0.254 e. The fourth-order valence-corrected chi connectivity index (χ4v) is 1.92. The van der Waals surface area contributed by atoms with Gasteiger partial charge in [-0.2, -0.15) is 0 Å². The third-order valence-electron chi connectivity index (χ3n) is 3.02. The molecule has 7 nitrogen and oxygen atoms in total. The molecule has 1 amide bonds. The lowest BCUT2D eigenvalue weighted by Crippen LogP contribution is -2.31. The summed E-state index contributed by atoms with van der Waals surface area (Å²) >= 11 is 0. The molecular weight excluding hydrogens is 260 g/mol. The van der Waals surface area contributed by atoms with Crippen LogP contribution in [0.4, 0.5) is 5.95 Å². The second kappa shape index (κ2) is 7.76. The molecule has 0 radical (unpaired) electrons. The van der Waals surface area contributed by atoms with Crippen molar-refractivity contribution < 1.29 is 14.3 Å². The van der Waals surface area contributed by atoms with Crippen LogP contribution in [0.2, 0.25) is 0 Å². The lowest BCUT2D eigenvalue weighted by Gasteiger charge is -2.10. The molecular formula is C13H20N4O3. The first kappa shape index (κ1) is 14.7. The van der Waals surface area contributed by atoms with E-state index in [2.05, 4.69) is 20.6 Å². The van der Waals surface area contributed by atoms with Crippen LogP contribution in [0.15, 0.2) is 12.4 Å². The fourth-order valence-electron chi connectivity index (χ4n) is 1.92. The Hall–Kier alpha value is -1.73. The number of carbonyl (C=O) groups excluding carboxylic acids is 1. The first-order valence-corrected chi connectivity index (χ1v) is 6.74. The number of hydrogen-bond acceptors (Lipinski definition) is 6. The van der Waals surface area contributed by atoms with Gasteiger partial charge in [0.1, 0.15) is 0 Å². The van der Waals surface area contributed by atoms with Gasteiger partial charge in [0.2, 0.25) is 5.95 Å². The highest BCUT2D eigenvalue weighted by atomic mass is 16.5. The first-order chi connectivity index (χ1) is 9.79. The minimum Gasteiger partial charge on any atom is -0.383 e. The number of rotatable bonds is 7. The normalized spacial score (nSPS) is 17.9. The maximum absolute atomic E-state index is 11.9. The molecule has 1 aliphatic heterocycles. The van der Waals surface area contributed by atoms with Gasteiger partial charge >= 0.3 is 0 Å². The third kappa shape index (κ3) is 4.43. The number of methoxy groups -OCH3 is 1. The maximum atomic E-state index is 11.9. The summed E-state index contributed by atoms with van der Waals surface area (Å²) in [6, 6.07) is 0. The molecule has 1 atom stereocenters. The molecule has 2 heterocycles. The van der Waals surface area contributed by atoms with Crippen LogP contribution < -0.4 is 10.6 Å². The molecule has 2 rings (SSSR count). The van der Waals surface area contributed by atoms with Crippen LogP contribution in [0.25, 0.3) is 0 Å². The van der Waals surface area contributed by atoms with Crippen LogP contribution in [0.1, 0.15) is 23.2 Å². The Balaban J connectivity index is 1.77. The second-order valence-corrected chi connectivity index (χ2v) is 4.56. The Morgan fingerprint density at radius 3 is 2.95 bits per heavy atom. The van der Waals surface area contributed by atoms with Gasteiger partial charge in [-0.15, -0.1) is 0 Å². The Labute approximate surface area is 118 Å². The average molecular weight is 280 g/mol. The number of anilines is 1. The molecule has 1 aromatic rings. The first-order valence-electron chi connectivity index (χ1n) is 6.74. The van der Waals surface area contributed by atoms with Crippen LogP contribution in [0, 0.1) is 0 Å². The van der Waals surface area contributed by atoms with Crippen LogP contribution in [-0.2, 0) is 9.47 Å². The minimum atomic E-state index is -0.177. The number of amides is 1. The highest BCUT2D eigenvalue weighted by Crippen LogP contribution is 2.10. The summed E-state index contributed by atoms with van der Waals surface area (Å²) in [4.78, 5) is 20.0. The number of ether oxygens (including phenoxy) is 2. The molecule has 0 bridgehead atoms. The van der Waals surface area contributed by atoms with Crippen molar-refractivity contribution in [2.45, 2.75) is 18.9 Å². The lowest BCUT2D eigenvalue weighted by atomic mass is 10.2. The number of hydrogen-bond donors (Lipinski definition) is 2. The van der Waals surface area contributed by atoms with Crippen LogP contribution >= 0.6 is 0 Å². The molecule has 0 aliphatic carbocycles. The van der Waals surface area contributed by atoms with E-state index in [9.17, 15) is 4.79 Å². The minimum absolute atomic E-state index is 0.134. The zero-order valence-electron chi connectivity index (χ0n) is 11.6. The average Bonchev–Trinajstić information content (AvgIpc) is 2.99. The Bertz CT molecular complexity index is 418. The molecule has 110 valence electrons. The van der Waals surface area contributed by atoms with Crippen LogP contribution in [-0.4, -0.2) is 55.4 Å². The molecule has 0 aromatic carbocycles. The predicted octanol–water partition coefficient (Wildman–Crippen LogP) is 0.444. The molecule has 0 spiro atoms. The topological polar surface area (TPSA) is 85.4 Å². The highest BCUT2D eigenvalue weighted by Gasteiger charge is 2.16. The number of nitrogens with zero attached hydrogens (tertiary/aromatic N) is 2. The number of nitrogens with one attached hydrogen (secondary N) is 2. The van der Waals surface area contributed by atoms with Gasteiger partial charge in [0, 0.05) is 39.2 Å². The zero-order valence-corrected chi connectivity index (χ0v) is 11.6. The van der Waals surface area contributed by atoms with Crippen molar-refractivity contribution in [2.24, 2.45) is 0 Å². The number of carbonyl (C=O) groups is 1. The molecule has 0 saturated carbocycles. The lowest BCUT2D eigenvalue weighted by molar-refractivity contribution is 0.0857. The van der Waals surface area contributed by atoms with Crippen molar-refractivity contribution in [3.05, 3.63) is 18.0 Å². The summed E-state index contributed by atoms with van der Waals surface area (Å²) in [7, 11) is 1.63. The molecule has 1 unspecified atom stereocenters. The van der Waals surface area contributed by atoms with Gasteiger partial charge < -0.3 is 20.1 Å². The predicted molar refractivity (Wildman–Crippen MR) is 73.7 cm³/mol. The maximum Gasteiger partial charge on any atom is 0.254 e. The quantitative estimate of drug-likeness (QED) is 0.705. The largest absolute Gasteiger partial charge is 0.383 e. The van der Waals surface area contributed by atoms with Gasteiger partial charge in [-0.3, -0.25) is 4.79 Å². The molecule has 20 heavy (non-hydrogen) atoms. The molecule has 1 fully saturated rings. The van der Waals surface area contributed by atoms with Gasteiger partial charge in [0.15, 0.2) is 0 Å². The van der Waals surface area contributed by atoms with Crippen molar-refractivity contribution in [1.82, 2.24) is 15.3 Å². The summed E-state index contributed by atoms with van der Waals surface area (Å²) in [5, 5.41) is 5.82. The Morgan fingerprint density at radius 2 is 2.30 bits per heavy atom. The Morgan fingerprint density at radius 1 is 1.50 bits per heavy atom. The van der Waals surface area contributed by atoms with E-state index in [-0.39, 0.29) is 12.0 Å². The van der Waals surface area contributed by atoms with Gasteiger partial charge in [0.25, 0.3) is 5.91 Å². The summed E-state index contributed by atoms with van der Waals surface area (Å²) in [6.45, 7) is 2.52.